The van der Waals surface area contributed by atoms with Gasteiger partial charge in [0.15, 0.2) is 0 Å². The highest BCUT2D eigenvalue weighted by molar-refractivity contribution is 7.09. The number of carbonyl (C=O) groups is 2. The van der Waals surface area contributed by atoms with Crippen molar-refractivity contribution in [2.45, 2.75) is 86.5 Å². The van der Waals surface area contributed by atoms with Crippen LogP contribution in [-0.2, 0) is 9.59 Å². The van der Waals surface area contributed by atoms with Gasteiger partial charge in [0.05, 0.1) is 40.8 Å². The Kier molecular flexibility index (Phi) is 10.2. The molecule has 6 atom stereocenters. The summed E-state index contributed by atoms with van der Waals surface area (Å²) in [5.41, 5.74) is 1.69. The van der Waals surface area contributed by atoms with E-state index in [1.807, 2.05) is 58.2 Å². The minimum absolute atomic E-state index is 0.0256. The highest BCUT2D eigenvalue weighted by Gasteiger charge is 2.42. The van der Waals surface area contributed by atoms with Crippen LogP contribution in [0.4, 0.5) is 0 Å². The van der Waals surface area contributed by atoms with Crippen molar-refractivity contribution in [3.8, 4) is 0 Å². The molecular formula is C28H42N2O4S. The number of amides is 1. The number of allylic oxidation sites excluding steroid dienone is 3. The third-order valence-corrected chi connectivity index (χ3v) is 7.91. The van der Waals surface area contributed by atoms with Gasteiger partial charge in [-0.3, -0.25) is 9.59 Å². The molecule has 2 heterocycles. The van der Waals surface area contributed by atoms with Gasteiger partial charge >= 0.3 is 0 Å². The number of aromatic nitrogens is 1. The second-order valence-corrected chi connectivity index (χ2v) is 11.8. The molecule has 2 rings (SSSR count). The van der Waals surface area contributed by atoms with E-state index in [9.17, 15) is 19.8 Å². The van der Waals surface area contributed by atoms with Crippen LogP contribution >= 0.6 is 11.3 Å². The summed E-state index contributed by atoms with van der Waals surface area (Å²) < 4.78 is 0. The van der Waals surface area contributed by atoms with Crippen LogP contribution in [0, 0.1) is 30.1 Å². The number of aryl methyl sites for hydroxylation is 1. The lowest BCUT2D eigenvalue weighted by atomic mass is 9.73. The summed E-state index contributed by atoms with van der Waals surface area (Å²) in [6.45, 7) is 14.9. The Balaban J connectivity index is 2.45. The lowest BCUT2D eigenvalue weighted by Crippen LogP contribution is -2.47. The number of carbonyl (C=O) groups excluding carboxylic acids is 2. The third kappa shape index (κ3) is 7.69. The molecule has 35 heavy (non-hydrogen) atoms. The number of thiazole rings is 1. The molecular weight excluding hydrogens is 460 g/mol. The summed E-state index contributed by atoms with van der Waals surface area (Å²) in [6.07, 6.45) is 6.55. The Morgan fingerprint density at radius 2 is 1.86 bits per heavy atom. The molecule has 194 valence electrons. The molecule has 1 aliphatic heterocycles. The van der Waals surface area contributed by atoms with Gasteiger partial charge in [0.2, 0.25) is 5.91 Å². The van der Waals surface area contributed by atoms with E-state index in [2.05, 4.69) is 16.4 Å². The van der Waals surface area contributed by atoms with Gasteiger partial charge in [-0.15, -0.1) is 11.3 Å². The number of aliphatic hydroxyl groups excluding tert-OH is 2. The van der Waals surface area contributed by atoms with Crippen molar-refractivity contribution in [1.82, 2.24) is 10.3 Å². The highest BCUT2D eigenvalue weighted by Crippen LogP contribution is 2.31. The standard InChI is InChI=1S/C28H42N2O4S/c1-16-10-9-11-17(2)26(33)20(5)27(34)28(7,8)23(31)14-24(32)30-25(18(3)12-16)19(4)13-22-15-35-21(6)29-22/h9-10,12-13,15,17-18,20,23,25-26,31,33H,11,14H2,1-8H3,(H,30,32)/t17-,18-,20+,23-,25-,26-/m0/s1. The van der Waals surface area contributed by atoms with Crippen LogP contribution in [0.1, 0.15) is 72.0 Å². The molecule has 0 saturated heterocycles. The normalized spacial score (nSPS) is 31.7. The van der Waals surface area contributed by atoms with Crippen LogP contribution in [0.15, 0.2) is 34.8 Å². The molecule has 1 aromatic rings. The van der Waals surface area contributed by atoms with Crippen LogP contribution in [-0.4, -0.2) is 45.1 Å². The van der Waals surface area contributed by atoms with Gasteiger partial charge in [0.1, 0.15) is 5.78 Å². The third-order valence-electron chi connectivity index (χ3n) is 7.12. The van der Waals surface area contributed by atoms with Crippen molar-refractivity contribution in [2.75, 3.05) is 0 Å². The number of nitrogens with one attached hydrogen (secondary N) is 1. The van der Waals surface area contributed by atoms with Crippen molar-refractivity contribution >= 4 is 29.1 Å². The van der Waals surface area contributed by atoms with Crippen LogP contribution in [0.5, 0.6) is 0 Å². The van der Waals surface area contributed by atoms with E-state index in [-0.39, 0.29) is 36.0 Å². The number of hydrogen-bond acceptors (Lipinski definition) is 6. The number of nitrogens with zero attached hydrogens (tertiary/aromatic N) is 1. The first kappa shape index (κ1) is 29.1. The number of Topliss-reactive ketones (excluding diaryl/α,β-unsaturated/α-hetero) is 1. The average molecular weight is 503 g/mol. The second kappa shape index (κ2) is 12.2. The monoisotopic (exact) mass is 502 g/mol. The SMILES string of the molecule is CC1=C[C@H](C)[C@@H](C(C)=Cc2csc(C)n2)NC(=O)C[C@H](O)C(C)(C)C(=O)[C@H](C)[C@@H](O)[C@@H](C)CC=C1. The molecule has 3 N–H and O–H groups in total. The van der Waals surface area contributed by atoms with E-state index in [4.69, 9.17) is 0 Å². The molecule has 0 bridgehead atoms. The van der Waals surface area contributed by atoms with Gasteiger partial charge in [-0.25, -0.2) is 4.98 Å². The number of hydrogen-bond donors (Lipinski definition) is 3. The first-order valence-corrected chi connectivity index (χ1v) is 13.3. The van der Waals surface area contributed by atoms with Crippen LogP contribution < -0.4 is 5.32 Å². The molecule has 6 nitrogen and oxygen atoms in total. The molecule has 1 aliphatic rings. The zero-order valence-electron chi connectivity index (χ0n) is 22.3. The Hall–Kier alpha value is -2.09. The van der Waals surface area contributed by atoms with Gasteiger partial charge < -0.3 is 15.5 Å². The molecule has 0 unspecified atom stereocenters. The molecule has 0 fully saturated rings. The second-order valence-electron chi connectivity index (χ2n) is 10.7. The fourth-order valence-corrected chi connectivity index (χ4v) is 5.24. The molecule has 0 spiro atoms. The number of aliphatic hydroxyl groups is 2. The van der Waals surface area contributed by atoms with Gasteiger partial charge in [0, 0.05) is 11.3 Å². The molecule has 0 saturated carbocycles. The molecule has 0 aliphatic carbocycles. The Morgan fingerprint density at radius 1 is 1.20 bits per heavy atom. The lowest BCUT2D eigenvalue weighted by molar-refractivity contribution is -0.143. The van der Waals surface area contributed by atoms with Crippen molar-refractivity contribution in [1.29, 1.82) is 0 Å². The van der Waals surface area contributed by atoms with E-state index in [1.54, 1.807) is 32.1 Å². The van der Waals surface area contributed by atoms with Crippen molar-refractivity contribution in [3.05, 3.63) is 45.5 Å². The predicted molar refractivity (Wildman–Crippen MR) is 143 cm³/mol. The van der Waals surface area contributed by atoms with Crippen LogP contribution in [0.25, 0.3) is 6.08 Å². The molecule has 1 aromatic heterocycles. The Morgan fingerprint density at radius 3 is 2.46 bits per heavy atom. The van der Waals surface area contributed by atoms with E-state index >= 15 is 0 Å². The minimum atomic E-state index is -1.18. The van der Waals surface area contributed by atoms with Gasteiger partial charge in [-0.05, 0) is 50.7 Å². The molecule has 1 amide bonds. The van der Waals surface area contributed by atoms with E-state index < -0.39 is 23.5 Å². The average Bonchev–Trinajstić information content (AvgIpc) is 3.19. The summed E-state index contributed by atoms with van der Waals surface area (Å²) >= 11 is 1.58. The summed E-state index contributed by atoms with van der Waals surface area (Å²) in [5, 5.41) is 27.7. The van der Waals surface area contributed by atoms with Crippen molar-refractivity contribution in [2.24, 2.45) is 23.2 Å². The number of ketones is 1. The quantitative estimate of drug-likeness (QED) is 0.536. The Bertz CT molecular complexity index is 991. The maximum absolute atomic E-state index is 13.2. The first-order valence-electron chi connectivity index (χ1n) is 12.4. The van der Waals surface area contributed by atoms with E-state index in [1.165, 1.54) is 0 Å². The van der Waals surface area contributed by atoms with Crippen LogP contribution in [0.2, 0.25) is 0 Å². The molecule has 0 radical (unpaired) electrons. The van der Waals surface area contributed by atoms with Gasteiger partial charge in [-0.1, -0.05) is 58.4 Å². The lowest BCUT2D eigenvalue weighted by Gasteiger charge is -2.34. The zero-order valence-corrected chi connectivity index (χ0v) is 23.1. The van der Waals surface area contributed by atoms with Crippen LogP contribution in [0.3, 0.4) is 0 Å². The fraction of sp³-hybridized carbons (Fsp3) is 0.607. The molecule has 0 aromatic carbocycles. The largest absolute Gasteiger partial charge is 0.392 e. The fourth-order valence-electron chi connectivity index (χ4n) is 4.67. The van der Waals surface area contributed by atoms with Gasteiger partial charge in [0.25, 0.3) is 0 Å². The topological polar surface area (TPSA) is 99.5 Å². The van der Waals surface area contributed by atoms with Crippen molar-refractivity contribution in [3.63, 3.8) is 0 Å². The summed E-state index contributed by atoms with van der Waals surface area (Å²) in [6, 6.07) is -0.300. The summed E-state index contributed by atoms with van der Waals surface area (Å²) in [7, 11) is 0. The summed E-state index contributed by atoms with van der Waals surface area (Å²) in [5.74, 6) is -1.38. The number of rotatable bonds is 2. The first-order chi connectivity index (χ1) is 16.2. The van der Waals surface area contributed by atoms with E-state index in [0.29, 0.717) is 6.42 Å². The maximum Gasteiger partial charge on any atom is 0.223 e. The van der Waals surface area contributed by atoms with Gasteiger partial charge in [-0.2, -0.15) is 0 Å². The minimum Gasteiger partial charge on any atom is -0.392 e. The van der Waals surface area contributed by atoms with Crippen molar-refractivity contribution < 1.29 is 19.8 Å². The zero-order chi connectivity index (χ0) is 26.5. The highest BCUT2D eigenvalue weighted by atomic mass is 32.1. The predicted octanol–water partition coefficient (Wildman–Crippen LogP) is 4.86. The smallest absolute Gasteiger partial charge is 0.223 e. The maximum atomic E-state index is 13.2. The summed E-state index contributed by atoms with van der Waals surface area (Å²) in [4.78, 5) is 30.8. The Labute approximate surface area is 214 Å². The molecule has 7 heteroatoms. The van der Waals surface area contributed by atoms with E-state index in [0.717, 1.165) is 21.8 Å².